The van der Waals surface area contributed by atoms with Crippen molar-refractivity contribution in [3.05, 3.63) is 51.7 Å². The highest BCUT2D eigenvalue weighted by atomic mass is 35.5. The van der Waals surface area contributed by atoms with E-state index in [0.717, 1.165) is 17.9 Å². The summed E-state index contributed by atoms with van der Waals surface area (Å²) in [5.74, 6) is 2.16. The molecule has 7 heteroatoms. The Morgan fingerprint density at radius 1 is 1.24 bits per heavy atom. The lowest BCUT2D eigenvalue weighted by molar-refractivity contribution is 0.379. The molecule has 0 saturated heterocycles. The molecule has 0 spiro atoms. The summed E-state index contributed by atoms with van der Waals surface area (Å²) in [5, 5.41) is 7.63. The molecule has 1 aromatic heterocycles. The van der Waals surface area contributed by atoms with Crippen LogP contribution in [0.15, 0.2) is 33.8 Å². The number of aliphatic imine (C=N–C) groups is 1. The molecule has 2 rings (SSSR count). The van der Waals surface area contributed by atoms with Crippen molar-refractivity contribution in [2.24, 2.45) is 4.99 Å². The van der Waals surface area contributed by atoms with Crippen LogP contribution in [0.25, 0.3) is 0 Å². The van der Waals surface area contributed by atoms with E-state index in [1.54, 1.807) is 18.3 Å². The van der Waals surface area contributed by atoms with Gasteiger partial charge in [-0.1, -0.05) is 50.0 Å². The van der Waals surface area contributed by atoms with Crippen LogP contribution in [-0.2, 0) is 18.5 Å². The molecule has 0 aliphatic heterocycles. The molecule has 2 N–H and O–H groups in total. The number of aromatic nitrogens is 1. The lowest BCUT2D eigenvalue weighted by Gasteiger charge is -2.13. The lowest BCUT2D eigenvalue weighted by Crippen LogP contribution is -2.36. The third-order valence-corrected chi connectivity index (χ3v) is 4.05. The maximum Gasteiger partial charge on any atom is 0.213 e. The van der Waals surface area contributed by atoms with E-state index in [4.69, 9.17) is 27.6 Å². The van der Waals surface area contributed by atoms with Crippen LogP contribution in [-0.4, -0.2) is 17.5 Å². The monoisotopic (exact) mass is 382 g/mol. The fourth-order valence-electron chi connectivity index (χ4n) is 2.05. The second-order valence-electron chi connectivity index (χ2n) is 6.65. The van der Waals surface area contributed by atoms with Crippen molar-refractivity contribution >= 4 is 29.2 Å². The first-order valence-electron chi connectivity index (χ1n) is 8.21. The van der Waals surface area contributed by atoms with Gasteiger partial charge in [-0.05, 0) is 24.6 Å². The predicted octanol–water partition coefficient (Wildman–Crippen LogP) is 4.53. The van der Waals surface area contributed by atoms with Gasteiger partial charge in [0.15, 0.2) is 5.96 Å². The second kappa shape index (κ2) is 8.59. The van der Waals surface area contributed by atoms with E-state index < -0.39 is 0 Å². The Kier molecular flexibility index (Phi) is 6.73. The molecule has 0 fully saturated rings. The molecule has 0 radical (unpaired) electrons. The normalized spacial score (nSPS) is 12.3. The minimum atomic E-state index is -0.0603. The highest BCUT2D eigenvalue weighted by Crippen LogP contribution is 2.23. The molecule has 2 aromatic rings. The summed E-state index contributed by atoms with van der Waals surface area (Å²) in [5.41, 5.74) is 0.851. The molecule has 0 unspecified atom stereocenters. The third-order valence-electron chi connectivity index (χ3n) is 3.47. The standard InChI is InChI=1S/C18H24Cl2N4O/c1-5-21-17(23-9-12-6-7-13(19)8-14(12)20)24-11-16-22-10-15(25-16)18(2,3)4/h6-8,10H,5,9,11H2,1-4H3,(H2,21,23,24). The average Bonchev–Trinajstić information content (AvgIpc) is 3.00. The molecule has 0 amide bonds. The zero-order chi connectivity index (χ0) is 18.4. The Labute approximate surface area is 158 Å². The number of oxazole rings is 1. The Morgan fingerprint density at radius 2 is 2.00 bits per heavy atom. The number of halogens is 2. The number of benzene rings is 1. The van der Waals surface area contributed by atoms with Gasteiger partial charge in [-0.15, -0.1) is 0 Å². The first-order valence-corrected chi connectivity index (χ1v) is 8.96. The molecule has 1 heterocycles. The van der Waals surface area contributed by atoms with Crippen molar-refractivity contribution in [1.29, 1.82) is 0 Å². The minimum Gasteiger partial charge on any atom is -0.443 e. The van der Waals surface area contributed by atoms with Gasteiger partial charge in [0.2, 0.25) is 5.89 Å². The van der Waals surface area contributed by atoms with E-state index in [2.05, 4.69) is 41.4 Å². The number of nitrogens with one attached hydrogen (secondary N) is 2. The average molecular weight is 383 g/mol. The zero-order valence-corrected chi connectivity index (χ0v) is 16.5. The van der Waals surface area contributed by atoms with Crippen molar-refractivity contribution in [3.63, 3.8) is 0 Å². The van der Waals surface area contributed by atoms with Crippen LogP contribution < -0.4 is 10.6 Å². The smallest absolute Gasteiger partial charge is 0.213 e. The first-order chi connectivity index (χ1) is 11.8. The van der Waals surface area contributed by atoms with Gasteiger partial charge in [-0.25, -0.2) is 9.98 Å². The van der Waals surface area contributed by atoms with Gasteiger partial charge >= 0.3 is 0 Å². The fraction of sp³-hybridized carbons (Fsp3) is 0.444. The van der Waals surface area contributed by atoms with E-state index >= 15 is 0 Å². The van der Waals surface area contributed by atoms with Crippen LogP contribution in [0, 0.1) is 0 Å². The maximum absolute atomic E-state index is 6.19. The van der Waals surface area contributed by atoms with Gasteiger partial charge in [0, 0.05) is 22.0 Å². The van der Waals surface area contributed by atoms with Gasteiger partial charge in [-0.3, -0.25) is 0 Å². The summed E-state index contributed by atoms with van der Waals surface area (Å²) in [4.78, 5) is 8.85. The van der Waals surface area contributed by atoms with Gasteiger partial charge < -0.3 is 15.1 Å². The molecule has 0 aliphatic rings. The molecular formula is C18H24Cl2N4O. The molecular weight excluding hydrogens is 359 g/mol. The highest BCUT2D eigenvalue weighted by Gasteiger charge is 2.19. The number of hydrogen-bond donors (Lipinski definition) is 2. The lowest BCUT2D eigenvalue weighted by atomic mass is 9.94. The van der Waals surface area contributed by atoms with Crippen LogP contribution >= 0.6 is 23.2 Å². The zero-order valence-electron chi connectivity index (χ0n) is 15.0. The first kappa shape index (κ1) is 19.6. The molecule has 0 atom stereocenters. The summed E-state index contributed by atoms with van der Waals surface area (Å²) in [7, 11) is 0. The minimum absolute atomic E-state index is 0.0603. The van der Waals surface area contributed by atoms with Crippen molar-refractivity contribution in [2.75, 3.05) is 6.54 Å². The molecule has 25 heavy (non-hydrogen) atoms. The summed E-state index contributed by atoms with van der Waals surface area (Å²) < 4.78 is 5.78. The van der Waals surface area contributed by atoms with Crippen LogP contribution in [0.2, 0.25) is 10.0 Å². The fourth-order valence-corrected chi connectivity index (χ4v) is 2.52. The van der Waals surface area contributed by atoms with E-state index in [-0.39, 0.29) is 5.41 Å². The van der Waals surface area contributed by atoms with Gasteiger partial charge in [0.1, 0.15) is 5.76 Å². The molecule has 136 valence electrons. The Morgan fingerprint density at radius 3 is 2.60 bits per heavy atom. The van der Waals surface area contributed by atoms with Crippen LogP contribution in [0.5, 0.6) is 0 Å². The number of nitrogens with zero attached hydrogens (tertiary/aromatic N) is 2. The topological polar surface area (TPSA) is 62.5 Å². The summed E-state index contributed by atoms with van der Waals surface area (Å²) in [6, 6.07) is 5.40. The van der Waals surface area contributed by atoms with E-state index in [1.807, 2.05) is 13.0 Å². The largest absolute Gasteiger partial charge is 0.443 e. The van der Waals surface area contributed by atoms with Crippen molar-refractivity contribution < 1.29 is 4.42 Å². The SMILES string of the molecule is CCNC(=NCc1ccc(Cl)cc1Cl)NCc1ncc(C(C)(C)C)o1. The van der Waals surface area contributed by atoms with Gasteiger partial charge in [0.25, 0.3) is 0 Å². The molecule has 1 aromatic carbocycles. The van der Waals surface area contributed by atoms with Crippen LogP contribution in [0.4, 0.5) is 0 Å². The van der Waals surface area contributed by atoms with E-state index in [1.165, 1.54) is 0 Å². The van der Waals surface area contributed by atoms with Crippen LogP contribution in [0.3, 0.4) is 0 Å². The van der Waals surface area contributed by atoms with E-state index in [9.17, 15) is 0 Å². The van der Waals surface area contributed by atoms with E-state index in [0.29, 0.717) is 35.0 Å². The number of hydrogen-bond acceptors (Lipinski definition) is 3. The molecule has 0 bridgehead atoms. The predicted molar refractivity (Wildman–Crippen MR) is 103 cm³/mol. The quantitative estimate of drug-likeness (QED) is 0.588. The van der Waals surface area contributed by atoms with Crippen LogP contribution in [0.1, 0.15) is 44.9 Å². The summed E-state index contributed by atoms with van der Waals surface area (Å²) in [6.45, 7) is 9.93. The van der Waals surface area contributed by atoms with Crippen molar-refractivity contribution in [3.8, 4) is 0 Å². The highest BCUT2D eigenvalue weighted by molar-refractivity contribution is 6.35. The second-order valence-corrected chi connectivity index (χ2v) is 7.50. The van der Waals surface area contributed by atoms with Gasteiger partial charge in [0.05, 0.1) is 19.3 Å². The Balaban J connectivity index is 2.01. The van der Waals surface area contributed by atoms with Crippen molar-refractivity contribution in [2.45, 2.75) is 46.2 Å². The van der Waals surface area contributed by atoms with Gasteiger partial charge in [-0.2, -0.15) is 0 Å². The third kappa shape index (κ3) is 5.94. The Hall–Kier alpha value is -1.72. The summed E-state index contributed by atoms with van der Waals surface area (Å²) >= 11 is 12.1. The summed E-state index contributed by atoms with van der Waals surface area (Å²) in [6.07, 6.45) is 1.77. The molecule has 0 saturated carbocycles. The maximum atomic E-state index is 6.19. The van der Waals surface area contributed by atoms with Crippen molar-refractivity contribution in [1.82, 2.24) is 15.6 Å². The molecule has 0 aliphatic carbocycles. The Bertz CT molecular complexity index is 735. The molecule has 5 nitrogen and oxygen atoms in total. The number of guanidine groups is 1. The number of rotatable bonds is 5.